The van der Waals surface area contributed by atoms with Crippen molar-refractivity contribution in [3.63, 3.8) is 0 Å². The molecule has 3 rings (SSSR count). The van der Waals surface area contributed by atoms with Gasteiger partial charge < -0.3 is 5.11 Å². The number of phenolic OH excluding ortho intramolecular Hbond substituents is 1. The van der Waals surface area contributed by atoms with Crippen LogP contribution in [-0.2, 0) is 0 Å². The third-order valence-corrected chi connectivity index (χ3v) is 4.33. The third kappa shape index (κ3) is 2.94. The summed E-state index contributed by atoms with van der Waals surface area (Å²) < 4.78 is 2.15. The smallest absolute Gasteiger partial charge is 0.144 e. The van der Waals surface area contributed by atoms with Crippen molar-refractivity contribution < 1.29 is 5.11 Å². The van der Waals surface area contributed by atoms with Crippen molar-refractivity contribution in [1.29, 1.82) is 0 Å². The molecule has 1 N–H and O–H groups in total. The number of benzene rings is 2. The van der Waals surface area contributed by atoms with E-state index in [-0.39, 0.29) is 5.75 Å². The zero-order valence-corrected chi connectivity index (χ0v) is 14.7. The normalized spacial score (nSPS) is 11.4. The number of para-hydroxylation sites is 1. The molecule has 124 valence electrons. The van der Waals surface area contributed by atoms with Crippen LogP contribution in [0.25, 0.3) is 17.1 Å². The van der Waals surface area contributed by atoms with Gasteiger partial charge in [-0.1, -0.05) is 58.0 Å². The molecule has 0 aliphatic rings. The van der Waals surface area contributed by atoms with Gasteiger partial charge in [-0.3, -0.25) is 4.57 Å². The number of aromatic nitrogens is 2. The Morgan fingerprint density at radius 1 is 0.917 bits per heavy atom. The van der Waals surface area contributed by atoms with Crippen LogP contribution in [0.4, 0.5) is 0 Å². The van der Waals surface area contributed by atoms with Crippen molar-refractivity contribution in [3.05, 3.63) is 66.0 Å². The minimum Gasteiger partial charge on any atom is -0.508 e. The summed E-state index contributed by atoms with van der Waals surface area (Å²) in [6, 6.07) is 13.8. The molecular formula is C21H24N2O. The maximum Gasteiger partial charge on any atom is 0.144 e. The van der Waals surface area contributed by atoms with Gasteiger partial charge in [0.2, 0.25) is 0 Å². The summed E-state index contributed by atoms with van der Waals surface area (Å²) in [4.78, 5) is 4.56. The van der Waals surface area contributed by atoms with Crippen LogP contribution in [0.5, 0.6) is 5.75 Å². The first-order chi connectivity index (χ1) is 11.5. The van der Waals surface area contributed by atoms with E-state index in [4.69, 9.17) is 0 Å². The highest BCUT2D eigenvalue weighted by molar-refractivity contribution is 5.63. The molecule has 3 heteroatoms. The minimum absolute atomic E-state index is 0.253. The fourth-order valence-corrected chi connectivity index (χ4v) is 3.13. The highest BCUT2D eigenvalue weighted by Gasteiger charge is 2.18. The highest BCUT2D eigenvalue weighted by Crippen LogP contribution is 2.34. The quantitative estimate of drug-likeness (QED) is 0.690. The number of hydrogen-bond donors (Lipinski definition) is 1. The number of aromatic hydroxyl groups is 1. The molecule has 0 fully saturated rings. The second-order valence-electron chi connectivity index (χ2n) is 6.77. The molecule has 1 aromatic heterocycles. The van der Waals surface area contributed by atoms with Gasteiger partial charge in [0.25, 0.3) is 0 Å². The van der Waals surface area contributed by atoms with Crippen molar-refractivity contribution >= 4 is 0 Å². The first kappa shape index (κ1) is 16.3. The van der Waals surface area contributed by atoms with Crippen LogP contribution in [0.1, 0.15) is 50.7 Å². The van der Waals surface area contributed by atoms with Crippen LogP contribution in [0, 0.1) is 0 Å². The van der Waals surface area contributed by atoms with E-state index in [1.807, 2.05) is 24.5 Å². The second-order valence-corrected chi connectivity index (χ2v) is 6.77. The van der Waals surface area contributed by atoms with Crippen LogP contribution in [0.15, 0.2) is 54.9 Å². The van der Waals surface area contributed by atoms with E-state index in [1.54, 1.807) is 12.1 Å². The first-order valence-corrected chi connectivity index (χ1v) is 8.45. The van der Waals surface area contributed by atoms with Gasteiger partial charge in [-0.2, -0.15) is 0 Å². The molecule has 0 radical (unpaired) electrons. The predicted molar refractivity (Wildman–Crippen MR) is 98.8 cm³/mol. The van der Waals surface area contributed by atoms with Gasteiger partial charge >= 0.3 is 0 Å². The Hall–Kier alpha value is -2.55. The van der Waals surface area contributed by atoms with Gasteiger partial charge in [0.1, 0.15) is 11.6 Å². The molecule has 0 atom stereocenters. The van der Waals surface area contributed by atoms with E-state index < -0.39 is 0 Å². The Bertz CT molecular complexity index is 820. The molecule has 0 spiro atoms. The highest BCUT2D eigenvalue weighted by atomic mass is 16.3. The molecule has 0 aliphatic heterocycles. The minimum atomic E-state index is 0.253. The molecule has 0 bridgehead atoms. The molecule has 1 heterocycles. The number of imidazole rings is 1. The fourth-order valence-electron chi connectivity index (χ4n) is 3.13. The van der Waals surface area contributed by atoms with Gasteiger partial charge in [0.05, 0.1) is 5.69 Å². The molecule has 0 saturated heterocycles. The lowest BCUT2D eigenvalue weighted by molar-refractivity contribution is 0.475. The SMILES string of the molecule is CC(C)c1cccc(C(C)C)c1-n1ccnc1-c1cccc(O)c1. The van der Waals surface area contributed by atoms with Gasteiger partial charge in [0.15, 0.2) is 0 Å². The van der Waals surface area contributed by atoms with Crippen molar-refractivity contribution in [3.8, 4) is 22.8 Å². The molecule has 0 saturated carbocycles. The van der Waals surface area contributed by atoms with Gasteiger partial charge in [-0.05, 0) is 35.1 Å². The summed E-state index contributed by atoms with van der Waals surface area (Å²) in [5.41, 5.74) is 4.73. The fraction of sp³-hybridized carbons (Fsp3) is 0.286. The summed E-state index contributed by atoms with van der Waals surface area (Å²) in [6.45, 7) is 8.86. The summed E-state index contributed by atoms with van der Waals surface area (Å²) in [5.74, 6) is 1.93. The van der Waals surface area contributed by atoms with Crippen LogP contribution in [0.2, 0.25) is 0 Å². The van der Waals surface area contributed by atoms with Crippen LogP contribution in [-0.4, -0.2) is 14.7 Å². The van der Waals surface area contributed by atoms with Gasteiger partial charge in [0, 0.05) is 18.0 Å². The van der Waals surface area contributed by atoms with Gasteiger partial charge in [-0.25, -0.2) is 4.98 Å². The van der Waals surface area contributed by atoms with E-state index in [0.717, 1.165) is 11.4 Å². The molecule has 0 amide bonds. The van der Waals surface area contributed by atoms with E-state index in [0.29, 0.717) is 11.8 Å². The van der Waals surface area contributed by atoms with E-state index in [2.05, 4.69) is 55.4 Å². The maximum atomic E-state index is 9.82. The average Bonchev–Trinajstić information content (AvgIpc) is 3.03. The Morgan fingerprint density at radius 3 is 2.12 bits per heavy atom. The standard InChI is InChI=1S/C21H24N2O/c1-14(2)18-9-6-10-19(15(3)4)20(18)23-12-11-22-21(23)16-7-5-8-17(24)13-16/h5-15,24H,1-4H3. The lowest BCUT2D eigenvalue weighted by Gasteiger charge is -2.21. The lowest BCUT2D eigenvalue weighted by Crippen LogP contribution is -2.07. The lowest BCUT2D eigenvalue weighted by atomic mass is 9.92. The molecule has 3 nitrogen and oxygen atoms in total. The average molecular weight is 320 g/mol. The Labute approximate surface area is 143 Å². The van der Waals surface area contributed by atoms with Crippen LogP contribution >= 0.6 is 0 Å². The van der Waals surface area contributed by atoms with E-state index in [1.165, 1.54) is 16.8 Å². The molecule has 0 aliphatic carbocycles. The summed E-state index contributed by atoms with van der Waals surface area (Å²) >= 11 is 0. The number of nitrogens with zero attached hydrogens (tertiary/aromatic N) is 2. The topological polar surface area (TPSA) is 38.0 Å². The van der Waals surface area contributed by atoms with Crippen molar-refractivity contribution in [2.24, 2.45) is 0 Å². The third-order valence-electron chi connectivity index (χ3n) is 4.33. The zero-order valence-electron chi connectivity index (χ0n) is 14.7. The van der Waals surface area contributed by atoms with Gasteiger partial charge in [-0.15, -0.1) is 0 Å². The monoisotopic (exact) mass is 320 g/mol. The predicted octanol–water partition coefficient (Wildman–Crippen LogP) is 5.49. The Morgan fingerprint density at radius 2 is 1.54 bits per heavy atom. The van der Waals surface area contributed by atoms with E-state index in [9.17, 15) is 5.11 Å². The summed E-state index contributed by atoms with van der Waals surface area (Å²) in [7, 11) is 0. The van der Waals surface area contributed by atoms with Crippen LogP contribution < -0.4 is 0 Å². The first-order valence-electron chi connectivity index (χ1n) is 8.45. The summed E-state index contributed by atoms with van der Waals surface area (Å²) in [5, 5.41) is 9.82. The zero-order chi connectivity index (χ0) is 17.3. The molecule has 0 unspecified atom stereocenters. The number of rotatable bonds is 4. The second kappa shape index (κ2) is 6.52. The Kier molecular flexibility index (Phi) is 4.43. The number of hydrogen-bond acceptors (Lipinski definition) is 2. The maximum absolute atomic E-state index is 9.82. The van der Waals surface area contributed by atoms with Crippen molar-refractivity contribution in [1.82, 2.24) is 9.55 Å². The Balaban J connectivity index is 2.26. The van der Waals surface area contributed by atoms with Crippen molar-refractivity contribution in [2.75, 3.05) is 0 Å². The molecule has 2 aromatic carbocycles. The van der Waals surface area contributed by atoms with Crippen molar-refractivity contribution in [2.45, 2.75) is 39.5 Å². The number of phenols is 1. The molecule has 3 aromatic rings. The largest absolute Gasteiger partial charge is 0.508 e. The van der Waals surface area contributed by atoms with E-state index >= 15 is 0 Å². The molecular weight excluding hydrogens is 296 g/mol. The summed E-state index contributed by atoms with van der Waals surface area (Å²) in [6.07, 6.45) is 3.83. The van der Waals surface area contributed by atoms with Crippen LogP contribution in [0.3, 0.4) is 0 Å². The molecule has 24 heavy (non-hydrogen) atoms.